The summed E-state index contributed by atoms with van der Waals surface area (Å²) in [5, 5.41) is 11.6. The average Bonchev–Trinajstić information content (AvgIpc) is 2.92. The van der Waals surface area contributed by atoms with Gasteiger partial charge in [-0.05, 0) is 25.5 Å². The van der Waals surface area contributed by atoms with E-state index in [0.29, 0.717) is 18.5 Å². The predicted molar refractivity (Wildman–Crippen MR) is 86.1 cm³/mol. The van der Waals surface area contributed by atoms with Crippen molar-refractivity contribution in [2.45, 2.75) is 19.8 Å². The van der Waals surface area contributed by atoms with Crippen molar-refractivity contribution < 1.29 is 14.7 Å². The van der Waals surface area contributed by atoms with Gasteiger partial charge in [-0.2, -0.15) is 0 Å². The highest BCUT2D eigenvalue weighted by Gasteiger charge is 2.13. The summed E-state index contributed by atoms with van der Waals surface area (Å²) in [4.78, 5) is 28.9. The van der Waals surface area contributed by atoms with Crippen LogP contribution in [-0.2, 0) is 4.79 Å². The van der Waals surface area contributed by atoms with Gasteiger partial charge in [0, 0.05) is 36.5 Å². The van der Waals surface area contributed by atoms with E-state index in [-0.39, 0.29) is 12.3 Å². The zero-order chi connectivity index (χ0) is 16.1. The van der Waals surface area contributed by atoms with E-state index in [2.05, 4.69) is 4.98 Å². The first-order chi connectivity index (χ1) is 10.5. The first-order valence-corrected chi connectivity index (χ1v) is 7.85. The van der Waals surface area contributed by atoms with Gasteiger partial charge >= 0.3 is 5.97 Å². The maximum Gasteiger partial charge on any atom is 0.303 e. The van der Waals surface area contributed by atoms with E-state index in [1.54, 1.807) is 29.4 Å². The van der Waals surface area contributed by atoms with Crippen LogP contribution < -0.4 is 0 Å². The number of rotatable bonds is 6. The molecule has 0 unspecified atom stereocenters. The fraction of sp³-hybridized carbons (Fsp3) is 0.312. The van der Waals surface area contributed by atoms with Crippen LogP contribution in [0.3, 0.4) is 0 Å². The highest BCUT2D eigenvalue weighted by atomic mass is 32.1. The summed E-state index contributed by atoms with van der Waals surface area (Å²) in [7, 11) is 1.68. The molecule has 0 bridgehead atoms. The molecular formula is C16H18N2O3S. The minimum Gasteiger partial charge on any atom is -0.481 e. The van der Waals surface area contributed by atoms with Crippen molar-refractivity contribution in [3.63, 3.8) is 0 Å². The Morgan fingerprint density at radius 2 is 2.14 bits per heavy atom. The highest BCUT2D eigenvalue weighted by Crippen LogP contribution is 2.22. The first-order valence-electron chi connectivity index (χ1n) is 6.97. The van der Waals surface area contributed by atoms with Crippen LogP contribution in [0.15, 0.2) is 29.6 Å². The second kappa shape index (κ2) is 7.17. The van der Waals surface area contributed by atoms with Crippen LogP contribution in [0.25, 0.3) is 11.3 Å². The number of carbonyl (C=O) groups is 2. The third-order valence-electron chi connectivity index (χ3n) is 3.26. The van der Waals surface area contributed by atoms with Crippen LogP contribution in [0.2, 0.25) is 0 Å². The minimum atomic E-state index is -0.846. The summed E-state index contributed by atoms with van der Waals surface area (Å²) in [5.74, 6) is -0.957. The monoisotopic (exact) mass is 318 g/mol. The highest BCUT2D eigenvalue weighted by molar-refractivity contribution is 7.09. The lowest BCUT2D eigenvalue weighted by Gasteiger charge is -2.17. The van der Waals surface area contributed by atoms with Gasteiger partial charge < -0.3 is 10.0 Å². The Balaban J connectivity index is 2.08. The number of carboxylic acids is 1. The lowest BCUT2D eigenvalue weighted by atomic mass is 10.1. The molecular weight excluding hydrogens is 300 g/mol. The zero-order valence-corrected chi connectivity index (χ0v) is 13.4. The molecule has 1 aromatic heterocycles. The molecule has 0 atom stereocenters. The number of aliphatic carboxylic acids is 1. The van der Waals surface area contributed by atoms with Gasteiger partial charge in [-0.1, -0.05) is 12.1 Å². The molecule has 0 aliphatic carbocycles. The van der Waals surface area contributed by atoms with Crippen molar-refractivity contribution in [2.24, 2.45) is 0 Å². The number of amides is 1. The summed E-state index contributed by atoms with van der Waals surface area (Å²) in [6.07, 6.45) is 0.512. The molecule has 0 saturated heterocycles. The van der Waals surface area contributed by atoms with Crippen LogP contribution in [0.4, 0.5) is 0 Å². The maximum atomic E-state index is 12.4. The molecule has 1 heterocycles. The number of thiazole rings is 1. The molecule has 0 spiro atoms. The Labute approximate surface area is 133 Å². The fourth-order valence-electron chi connectivity index (χ4n) is 2.10. The molecule has 1 aromatic carbocycles. The second-order valence-corrected chi connectivity index (χ2v) is 6.12. The predicted octanol–water partition coefficient (Wildman–Crippen LogP) is 3.06. The molecule has 1 amide bonds. The van der Waals surface area contributed by atoms with E-state index in [1.807, 2.05) is 30.5 Å². The van der Waals surface area contributed by atoms with Crippen LogP contribution in [0, 0.1) is 6.92 Å². The van der Waals surface area contributed by atoms with E-state index >= 15 is 0 Å². The Morgan fingerprint density at radius 3 is 2.77 bits per heavy atom. The summed E-state index contributed by atoms with van der Waals surface area (Å²) in [5.41, 5.74) is 2.36. The summed E-state index contributed by atoms with van der Waals surface area (Å²) >= 11 is 1.57. The molecule has 1 N–H and O–H groups in total. The Kier molecular flexibility index (Phi) is 5.27. The van der Waals surface area contributed by atoms with Gasteiger partial charge in [-0.25, -0.2) is 4.98 Å². The summed E-state index contributed by atoms with van der Waals surface area (Å²) < 4.78 is 0. The van der Waals surface area contributed by atoms with Gasteiger partial charge in [-0.15, -0.1) is 11.3 Å². The number of nitrogens with zero attached hydrogens (tertiary/aromatic N) is 2. The van der Waals surface area contributed by atoms with Gasteiger partial charge in [0.1, 0.15) is 0 Å². The fourth-order valence-corrected chi connectivity index (χ4v) is 2.72. The molecule has 116 valence electrons. The van der Waals surface area contributed by atoms with Gasteiger partial charge in [0.15, 0.2) is 0 Å². The standard InChI is InChI=1S/C16H18N2O3S/c1-11-17-14(10-22-11)12-5-3-6-13(9-12)16(21)18(2)8-4-7-15(19)20/h3,5-6,9-10H,4,7-8H2,1-2H3,(H,19,20). The third-order valence-corrected chi connectivity index (χ3v) is 4.03. The van der Waals surface area contributed by atoms with Crippen LogP contribution >= 0.6 is 11.3 Å². The average molecular weight is 318 g/mol. The minimum absolute atomic E-state index is 0.0652. The van der Waals surface area contributed by atoms with Gasteiger partial charge in [0.05, 0.1) is 10.7 Å². The number of benzene rings is 1. The van der Waals surface area contributed by atoms with E-state index < -0.39 is 5.97 Å². The molecule has 2 aromatic rings. The molecule has 2 rings (SSSR count). The van der Waals surface area contributed by atoms with Crippen molar-refractivity contribution in [3.05, 3.63) is 40.2 Å². The summed E-state index contributed by atoms with van der Waals surface area (Å²) in [6, 6.07) is 7.35. The van der Waals surface area contributed by atoms with Crippen molar-refractivity contribution in [1.82, 2.24) is 9.88 Å². The molecule has 6 heteroatoms. The van der Waals surface area contributed by atoms with E-state index in [1.165, 1.54) is 0 Å². The van der Waals surface area contributed by atoms with Gasteiger partial charge in [0.25, 0.3) is 5.91 Å². The topological polar surface area (TPSA) is 70.5 Å². The van der Waals surface area contributed by atoms with Crippen molar-refractivity contribution >= 4 is 23.2 Å². The molecule has 0 fully saturated rings. The van der Waals surface area contributed by atoms with Crippen LogP contribution in [0.5, 0.6) is 0 Å². The number of aromatic nitrogens is 1. The lowest BCUT2D eigenvalue weighted by molar-refractivity contribution is -0.137. The van der Waals surface area contributed by atoms with E-state index in [9.17, 15) is 9.59 Å². The lowest BCUT2D eigenvalue weighted by Crippen LogP contribution is -2.28. The van der Waals surface area contributed by atoms with Crippen molar-refractivity contribution in [2.75, 3.05) is 13.6 Å². The normalized spacial score (nSPS) is 10.5. The molecule has 0 radical (unpaired) electrons. The Bertz CT molecular complexity index is 682. The largest absolute Gasteiger partial charge is 0.481 e. The smallest absolute Gasteiger partial charge is 0.303 e. The molecule has 22 heavy (non-hydrogen) atoms. The van der Waals surface area contributed by atoms with Crippen LogP contribution in [-0.4, -0.2) is 40.5 Å². The molecule has 0 saturated carbocycles. The Hall–Kier alpha value is -2.21. The number of aryl methyl sites for hydroxylation is 1. The van der Waals surface area contributed by atoms with Crippen LogP contribution in [0.1, 0.15) is 28.2 Å². The third kappa shape index (κ3) is 4.14. The van der Waals surface area contributed by atoms with Gasteiger partial charge in [-0.3, -0.25) is 9.59 Å². The molecule has 0 aliphatic heterocycles. The first kappa shape index (κ1) is 16.2. The van der Waals surface area contributed by atoms with Crippen molar-refractivity contribution in [1.29, 1.82) is 0 Å². The number of hydrogen-bond acceptors (Lipinski definition) is 4. The number of carboxylic acid groups (broad SMARTS) is 1. The summed E-state index contributed by atoms with van der Waals surface area (Å²) in [6.45, 7) is 2.37. The number of hydrogen-bond donors (Lipinski definition) is 1. The van der Waals surface area contributed by atoms with Crippen molar-refractivity contribution in [3.8, 4) is 11.3 Å². The second-order valence-electron chi connectivity index (χ2n) is 5.06. The van der Waals surface area contributed by atoms with Gasteiger partial charge in [0.2, 0.25) is 0 Å². The molecule has 0 aliphatic rings. The van der Waals surface area contributed by atoms with E-state index in [0.717, 1.165) is 16.3 Å². The Morgan fingerprint density at radius 1 is 1.36 bits per heavy atom. The zero-order valence-electron chi connectivity index (χ0n) is 12.6. The molecule has 5 nitrogen and oxygen atoms in total. The quantitative estimate of drug-likeness (QED) is 0.888. The van der Waals surface area contributed by atoms with E-state index in [4.69, 9.17) is 5.11 Å². The number of carbonyl (C=O) groups excluding carboxylic acids is 1. The maximum absolute atomic E-state index is 12.4. The SMILES string of the molecule is Cc1nc(-c2cccc(C(=O)N(C)CCCC(=O)O)c2)cs1.